The van der Waals surface area contributed by atoms with Crippen LogP contribution in [-0.4, -0.2) is 12.2 Å². The van der Waals surface area contributed by atoms with Crippen LogP contribution in [0.1, 0.15) is 22.1 Å². The number of benzene rings is 1. The van der Waals surface area contributed by atoms with Gasteiger partial charge in [0.05, 0.1) is 12.7 Å². The topological polar surface area (TPSA) is 29.5 Å². The van der Waals surface area contributed by atoms with Crippen molar-refractivity contribution < 1.29 is 14.2 Å². The second kappa shape index (κ2) is 4.85. The molecule has 90 valence electrons. The molecule has 0 aliphatic rings. The van der Waals surface area contributed by atoms with Gasteiger partial charge in [-0.15, -0.1) is 11.3 Å². The molecule has 0 saturated heterocycles. The predicted octanol–water partition coefficient (Wildman–Crippen LogP) is 3.29. The van der Waals surface area contributed by atoms with Gasteiger partial charge in [-0.25, -0.2) is 4.39 Å². The van der Waals surface area contributed by atoms with Crippen molar-refractivity contribution in [3.05, 3.63) is 51.5 Å². The van der Waals surface area contributed by atoms with E-state index >= 15 is 0 Å². The van der Waals surface area contributed by atoms with Gasteiger partial charge < -0.3 is 9.84 Å². The van der Waals surface area contributed by atoms with Crippen molar-refractivity contribution >= 4 is 11.3 Å². The number of aryl methyl sites for hydroxylation is 1. The first-order valence-electron chi connectivity index (χ1n) is 5.19. The molecule has 0 bridgehead atoms. The van der Waals surface area contributed by atoms with Crippen molar-refractivity contribution in [2.24, 2.45) is 0 Å². The van der Waals surface area contributed by atoms with Crippen molar-refractivity contribution in [1.29, 1.82) is 0 Å². The van der Waals surface area contributed by atoms with Crippen LogP contribution in [0.15, 0.2) is 29.6 Å². The second-order valence-corrected chi connectivity index (χ2v) is 4.67. The van der Waals surface area contributed by atoms with Crippen LogP contribution in [0.4, 0.5) is 4.39 Å². The highest BCUT2D eigenvalue weighted by Crippen LogP contribution is 2.35. The number of thiophene rings is 1. The van der Waals surface area contributed by atoms with Crippen molar-refractivity contribution in [2.75, 3.05) is 7.11 Å². The molecule has 1 heterocycles. The van der Waals surface area contributed by atoms with E-state index in [0.717, 1.165) is 10.4 Å². The van der Waals surface area contributed by atoms with E-state index in [2.05, 4.69) is 0 Å². The van der Waals surface area contributed by atoms with Gasteiger partial charge in [0.15, 0.2) is 0 Å². The van der Waals surface area contributed by atoms with Crippen LogP contribution in [0.5, 0.6) is 5.75 Å². The predicted molar refractivity (Wildman–Crippen MR) is 66.1 cm³/mol. The van der Waals surface area contributed by atoms with Crippen molar-refractivity contribution in [1.82, 2.24) is 0 Å². The molecular formula is C13H13FO2S. The summed E-state index contributed by atoms with van der Waals surface area (Å²) in [5.41, 5.74) is 1.15. The number of aliphatic hydroxyl groups is 1. The lowest BCUT2D eigenvalue weighted by atomic mass is 10.0. The molecule has 0 saturated carbocycles. The third-order valence-corrected chi connectivity index (χ3v) is 3.73. The Morgan fingerprint density at radius 2 is 2.12 bits per heavy atom. The van der Waals surface area contributed by atoms with Crippen LogP contribution >= 0.6 is 11.3 Å². The van der Waals surface area contributed by atoms with E-state index in [1.807, 2.05) is 18.4 Å². The molecule has 1 unspecified atom stereocenters. The normalized spacial score (nSPS) is 12.5. The lowest BCUT2D eigenvalue weighted by Gasteiger charge is -2.15. The molecule has 1 atom stereocenters. The van der Waals surface area contributed by atoms with Gasteiger partial charge in [0.1, 0.15) is 17.7 Å². The van der Waals surface area contributed by atoms with Crippen LogP contribution in [0, 0.1) is 12.7 Å². The molecule has 1 aromatic carbocycles. The summed E-state index contributed by atoms with van der Waals surface area (Å²) in [7, 11) is 1.46. The number of methoxy groups -OCH3 is 1. The quantitative estimate of drug-likeness (QED) is 0.908. The molecule has 17 heavy (non-hydrogen) atoms. The maximum absolute atomic E-state index is 13.8. The fraction of sp³-hybridized carbons (Fsp3) is 0.231. The molecule has 0 fully saturated rings. The van der Waals surface area contributed by atoms with E-state index in [-0.39, 0.29) is 5.56 Å². The fourth-order valence-corrected chi connectivity index (χ4v) is 2.68. The Balaban J connectivity index is 2.50. The molecule has 0 radical (unpaired) electrons. The maximum Gasteiger partial charge on any atom is 0.133 e. The van der Waals surface area contributed by atoms with Crippen molar-refractivity contribution in [3.8, 4) is 5.75 Å². The highest BCUT2D eigenvalue weighted by molar-refractivity contribution is 7.10. The summed E-state index contributed by atoms with van der Waals surface area (Å²) in [5, 5.41) is 12.1. The van der Waals surface area contributed by atoms with E-state index < -0.39 is 11.9 Å². The molecule has 2 aromatic rings. The van der Waals surface area contributed by atoms with E-state index in [1.165, 1.54) is 24.5 Å². The zero-order valence-corrected chi connectivity index (χ0v) is 10.4. The van der Waals surface area contributed by atoms with Crippen molar-refractivity contribution in [2.45, 2.75) is 13.0 Å². The van der Waals surface area contributed by atoms with E-state index in [4.69, 9.17) is 4.74 Å². The average Bonchev–Trinajstić information content (AvgIpc) is 2.74. The zero-order chi connectivity index (χ0) is 12.4. The van der Waals surface area contributed by atoms with Crippen LogP contribution in [0.2, 0.25) is 0 Å². The molecule has 0 spiro atoms. The van der Waals surface area contributed by atoms with E-state index in [9.17, 15) is 9.50 Å². The molecule has 2 nitrogen and oxygen atoms in total. The maximum atomic E-state index is 13.8. The highest BCUT2D eigenvalue weighted by Gasteiger charge is 2.22. The smallest absolute Gasteiger partial charge is 0.133 e. The summed E-state index contributed by atoms with van der Waals surface area (Å²) >= 11 is 1.41. The average molecular weight is 252 g/mol. The summed E-state index contributed by atoms with van der Waals surface area (Å²) in [6.07, 6.45) is -0.980. The summed E-state index contributed by atoms with van der Waals surface area (Å²) < 4.78 is 18.9. The first-order valence-corrected chi connectivity index (χ1v) is 6.07. The summed E-state index contributed by atoms with van der Waals surface area (Å²) in [4.78, 5) is 0.744. The Bertz CT molecular complexity index is 522. The molecule has 1 N–H and O–H groups in total. The Labute approximate surface area is 103 Å². The fourth-order valence-electron chi connectivity index (χ4n) is 1.76. The first kappa shape index (κ1) is 12.1. The van der Waals surface area contributed by atoms with Gasteiger partial charge in [-0.1, -0.05) is 6.07 Å². The van der Waals surface area contributed by atoms with Gasteiger partial charge in [-0.3, -0.25) is 0 Å². The molecule has 0 aliphatic heterocycles. The van der Waals surface area contributed by atoms with Crippen LogP contribution < -0.4 is 4.74 Å². The van der Waals surface area contributed by atoms with Gasteiger partial charge in [0.25, 0.3) is 0 Å². The van der Waals surface area contributed by atoms with Crippen LogP contribution in [-0.2, 0) is 0 Å². The van der Waals surface area contributed by atoms with Gasteiger partial charge in [0, 0.05) is 4.88 Å². The van der Waals surface area contributed by atoms with Gasteiger partial charge >= 0.3 is 0 Å². The number of hydrogen-bond acceptors (Lipinski definition) is 3. The summed E-state index contributed by atoms with van der Waals surface area (Å²) in [6, 6.07) is 6.43. The molecule has 4 heteroatoms. The van der Waals surface area contributed by atoms with Gasteiger partial charge in [0.2, 0.25) is 0 Å². The van der Waals surface area contributed by atoms with Crippen LogP contribution in [0.3, 0.4) is 0 Å². The summed E-state index contributed by atoms with van der Waals surface area (Å²) in [5.74, 6) is -0.0880. The Morgan fingerprint density at radius 3 is 2.71 bits per heavy atom. The third kappa shape index (κ3) is 2.18. The molecule has 0 aliphatic carbocycles. The highest BCUT2D eigenvalue weighted by atomic mass is 32.1. The molecule has 2 rings (SSSR count). The number of aliphatic hydroxyl groups excluding tert-OH is 1. The third-order valence-electron chi connectivity index (χ3n) is 2.66. The minimum Gasteiger partial charge on any atom is -0.496 e. The van der Waals surface area contributed by atoms with Gasteiger partial charge in [-0.2, -0.15) is 0 Å². The van der Waals surface area contributed by atoms with Crippen LogP contribution in [0.25, 0.3) is 0 Å². The SMILES string of the molecule is COc1cccc(F)c1C(O)c1sccc1C. The molecule has 1 aromatic heterocycles. The molecular weight excluding hydrogens is 239 g/mol. The summed E-state index contributed by atoms with van der Waals surface area (Å²) in [6.45, 7) is 1.89. The Hall–Kier alpha value is -1.39. The Kier molecular flexibility index (Phi) is 3.45. The monoisotopic (exact) mass is 252 g/mol. The Morgan fingerprint density at radius 1 is 1.35 bits per heavy atom. The van der Waals surface area contributed by atoms with E-state index in [1.54, 1.807) is 12.1 Å². The minimum atomic E-state index is -0.980. The first-order chi connectivity index (χ1) is 8.15. The minimum absolute atomic E-state index is 0.195. The zero-order valence-electron chi connectivity index (χ0n) is 9.61. The number of halogens is 1. The van der Waals surface area contributed by atoms with E-state index in [0.29, 0.717) is 5.75 Å². The number of rotatable bonds is 3. The number of hydrogen-bond donors (Lipinski definition) is 1. The standard InChI is InChI=1S/C13H13FO2S/c1-8-6-7-17-13(8)12(15)11-9(14)4-3-5-10(11)16-2/h3-7,12,15H,1-2H3. The lowest BCUT2D eigenvalue weighted by Crippen LogP contribution is -2.04. The molecule has 0 amide bonds. The van der Waals surface area contributed by atoms with Crippen molar-refractivity contribution in [3.63, 3.8) is 0 Å². The largest absolute Gasteiger partial charge is 0.496 e. The number of ether oxygens (including phenoxy) is 1. The lowest BCUT2D eigenvalue weighted by molar-refractivity contribution is 0.212. The van der Waals surface area contributed by atoms with Gasteiger partial charge in [-0.05, 0) is 36.1 Å². The second-order valence-electron chi connectivity index (χ2n) is 3.73.